The van der Waals surface area contributed by atoms with Crippen molar-refractivity contribution in [1.29, 1.82) is 0 Å². The highest BCUT2D eigenvalue weighted by molar-refractivity contribution is 7.15. The van der Waals surface area contributed by atoms with Crippen molar-refractivity contribution in [3.63, 3.8) is 0 Å². The maximum atomic E-state index is 12.7. The molecular weight excluding hydrogens is 332 g/mol. The van der Waals surface area contributed by atoms with Gasteiger partial charge in [0.2, 0.25) is 0 Å². The first-order valence-electron chi connectivity index (χ1n) is 7.93. The number of nitrogens with zero attached hydrogens (tertiary/aromatic N) is 1. The second-order valence-electron chi connectivity index (χ2n) is 5.76. The maximum absolute atomic E-state index is 12.7. The zero-order valence-electron chi connectivity index (χ0n) is 14.0. The molecule has 1 amide bonds. The van der Waals surface area contributed by atoms with Crippen molar-refractivity contribution in [2.24, 2.45) is 0 Å². The second kappa shape index (κ2) is 7.40. The molecule has 0 aliphatic rings. The summed E-state index contributed by atoms with van der Waals surface area (Å²) in [5.74, 6) is -0.226. The Kier molecular flexibility index (Phi) is 5.05. The van der Waals surface area contributed by atoms with Crippen LogP contribution in [0.1, 0.15) is 49.0 Å². The third kappa shape index (κ3) is 3.83. The molecule has 0 saturated carbocycles. The normalized spacial score (nSPS) is 11.8. The van der Waals surface area contributed by atoms with E-state index >= 15 is 0 Å². The van der Waals surface area contributed by atoms with Crippen LogP contribution in [0.4, 0.5) is 0 Å². The third-order valence-electron chi connectivity index (χ3n) is 3.99. The van der Waals surface area contributed by atoms with Crippen LogP contribution >= 0.6 is 11.3 Å². The summed E-state index contributed by atoms with van der Waals surface area (Å²) in [5.41, 5.74) is 3.09. The molecule has 3 aromatic rings. The molecular formula is C20H18N2O2S. The molecule has 25 heavy (non-hydrogen) atoms. The molecule has 5 heteroatoms. The van der Waals surface area contributed by atoms with Crippen LogP contribution in [0, 0.1) is 6.92 Å². The van der Waals surface area contributed by atoms with Gasteiger partial charge in [-0.3, -0.25) is 14.6 Å². The number of carbonyl (C=O) groups is 2. The summed E-state index contributed by atoms with van der Waals surface area (Å²) in [6.07, 6.45) is 3.43. The van der Waals surface area contributed by atoms with Gasteiger partial charge in [0.1, 0.15) is 0 Å². The van der Waals surface area contributed by atoms with Crippen LogP contribution in [0.15, 0.2) is 60.9 Å². The number of thiophene rings is 1. The number of benzene rings is 1. The SMILES string of the molecule is CC(=O)c1ccc(C(=O)N[C@@H](c2ccncc2)c2ccccc2C)s1. The average molecular weight is 350 g/mol. The number of rotatable bonds is 5. The molecule has 0 aliphatic heterocycles. The van der Waals surface area contributed by atoms with Gasteiger partial charge in [0.15, 0.2) is 5.78 Å². The minimum Gasteiger partial charge on any atom is -0.340 e. The molecule has 2 aromatic heterocycles. The fraction of sp³-hybridized carbons (Fsp3) is 0.150. The van der Waals surface area contributed by atoms with Gasteiger partial charge < -0.3 is 5.32 Å². The first-order chi connectivity index (χ1) is 12.1. The Labute approximate surface area is 150 Å². The maximum Gasteiger partial charge on any atom is 0.262 e. The first kappa shape index (κ1) is 17.0. The van der Waals surface area contributed by atoms with E-state index in [9.17, 15) is 9.59 Å². The standard InChI is InChI=1S/C20H18N2O2S/c1-13-5-3-4-6-16(13)19(15-9-11-21-12-10-15)22-20(24)18-8-7-17(25-18)14(2)23/h3-12,19H,1-2H3,(H,22,24)/t19-/m0/s1. The van der Waals surface area contributed by atoms with Crippen LogP contribution in [-0.4, -0.2) is 16.7 Å². The van der Waals surface area contributed by atoms with E-state index in [1.54, 1.807) is 24.5 Å². The molecule has 0 spiro atoms. The Morgan fingerprint density at radius 1 is 1.00 bits per heavy atom. The highest BCUT2D eigenvalue weighted by Crippen LogP contribution is 2.26. The summed E-state index contributed by atoms with van der Waals surface area (Å²) in [7, 11) is 0. The van der Waals surface area contributed by atoms with Gasteiger partial charge in [0.05, 0.1) is 15.8 Å². The van der Waals surface area contributed by atoms with Gasteiger partial charge in [-0.15, -0.1) is 11.3 Å². The van der Waals surface area contributed by atoms with E-state index in [-0.39, 0.29) is 17.7 Å². The zero-order chi connectivity index (χ0) is 17.8. The van der Waals surface area contributed by atoms with Gasteiger partial charge in [0, 0.05) is 12.4 Å². The fourth-order valence-corrected chi connectivity index (χ4v) is 3.46. The molecule has 2 heterocycles. The number of amides is 1. The van der Waals surface area contributed by atoms with E-state index in [0.29, 0.717) is 9.75 Å². The molecule has 0 radical (unpaired) electrons. The molecule has 1 N–H and O–H groups in total. The number of Topliss-reactive ketones (excluding diaryl/α,β-unsaturated/α-hetero) is 1. The van der Waals surface area contributed by atoms with Crippen LogP contribution in [-0.2, 0) is 0 Å². The number of carbonyl (C=O) groups excluding carboxylic acids is 2. The first-order valence-corrected chi connectivity index (χ1v) is 8.75. The van der Waals surface area contributed by atoms with E-state index in [0.717, 1.165) is 16.7 Å². The van der Waals surface area contributed by atoms with Crippen molar-refractivity contribution in [1.82, 2.24) is 10.3 Å². The molecule has 0 bridgehead atoms. The molecule has 4 nitrogen and oxygen atoms in total. The third-order valence-corrected chi connectivity index (χ3v) is 5.18. The van der Waals surface area contributed by atoms with Crippen molar-refractivity contribution in [2.75, 3.05) is 0 Å². The molecule has 0 fully saturated rings. The summed E-state index contributed by atoms with van der Waals surface area (Å²) < 4.78 is 0. The Hall–Kier alpha value is -2.79. The van der Waals surface area contributed by atoms with E-state index in [1.807, 2.05) is 43.3 Å². The monoisotopic (exact) mass is 350 g/mol. The van der Waals surface area contributed by atoms with Crippen molar-refractivity contribution >= 4 is 23.0 Å². The smallest absolute Gasteiger partial charge is 0.262 e. The number of nitrogens with one attached hydrogen (secondary N) is 1. The largest absolute Gasteiger partial charge is 0.340 e. The molecule has 1 aromatic carbocycles. The number of ketones is 1. The Bertz CT molecular complexity index is 903. The lowest BCUT2D eigenvalue weighted by Gasteiger charge is -2.21. The Morgan fingerprint density at radius 3 is 2.32 bits per heavy atom. The highest BCUT2D eigenvalue weighted by Gasteiger charge is 2.20. The van der Waals surface area contributed by atoms with Crippen LogP contribution in [0.5, 0.6) is 0 Å². The van der Waals surface area contributed by atoms with Crippen LogP contribution in [0.2, 0.25) is 0 Å². The predicted molar refractivity (Wildman–Crippen MR) is 99.0 cm³/mol. The number of hydrogen-bond donors (Lipinski definition) is 1. The van der Waals surface area contributed by atoms with Gasteiger partial charge in [-0.2, -0.15) is 0 Å². The van der Waals surface area contributed by atoms with Gasteiger partial charge in [0.25, 0.3) is 5.91 Å². The summed E-state index contributed by atoms with van der Waals surface area (Å²) in [6.45, 7) is 3.52. The van der Waals surface area contributed by atoms with Crippen molar-refractivity contribution in [2.45, 2.75) is 19.9 Å². The minimum absolute atomic E-state index is 0.0337. The molecule has 3 rings (SSSR count). The van der Waals surface area contributed by atoms with E-state index in [4.69, 9.17) is 0 Å². The molecule has 0 saturated heterocycles. The van der Waals surface area contributed by atoms with Gasteiger partial charge in [-0.25, -0.2) is 0 Å². The topological polar surface area (TPSA) is 59.1 Å². The Balaban J connectivity index is 1.94. The molecule has 126 valence electrons. The highest BCUT2D eigenvalue weighted by atomic mass is 32.1. The second-order valence-corrected chi connectivity index (χ2v) is 6.85. The zero-order valence-corrected chi connectivity index (χ0v) is 14.8. The number of aryl methyl sites for hydroxylation is 1. The summed E-state index contributed by atoms with van der Waals surface area (Å²) in [5, 5.41) is 3.09. The fourth-order valence-electron chi connectivity index (χ4n) is 2.66. The molecule has 0 unspecified atom stereocenters. The summed E-state index contributed by atoms with van der Waals surface area (Å²) in [6, 6.07) is 14.9. The van der Waals surface area contributed by atoms with E-state index in [2.05, 4.69) is 10.3 Å². The summed E-state index contributed by atoms with van der Waals surface area (Å²) >= 11 is 1.21. The van der Waals surface area contributed by atoms with Gasteiger partial charge >= 0.3 is 0 Å². The predicted octanol–water partition coefficient (Wildman–Crippen LogP) is 4.17. The van der Waals surface area contributed by atoms with Crippen LogP contribution in [0.3, 0.4) is 0 Å². The lowest BCUT2D eigenvalue weighted by Crippen LogP contribution is -2.29. The van der Waals surface area contributed by atoms with Crippen molar-refractivity contribution < 1.29 is 9.59 Å². The van der Waals surface area contributed by atoms with Crippen LogP contribution < -0.4 is 5.32 Å². The number of pyridine rings is 1. The molecule has 1 atom stereocenters. The van der Waals surface area contributed by atoms with E-state index < -0.39 is 0 Å². The minimum atomic E-state index is -0.278. The van der Waals surface area contributed by atoms with Gasteiger partial charge in [-0.1, -0.05) is 24.3 Å². The van der Waals surface area contributed by atoms with Crippen molar-refractivity contribution in [3.05, 3.63) is 87.4 Å². The lowest BCUT2D eigenvalue weighted by molar-refractivity contribution is 0.0946. The quantitative estimate of drug-likeness (QED) is 0.703. The number of hydrogen-bond acceptors (Lipinski definition) is 4. The number of aromatic nitrogens is 1. The van der Waals surface area contributed by atoms with Crippen molar-refractivity contribution in [3.8, 4) is 0 Å². The molecule has 0 aliphatic carbocycles. The summed E-state index contributed by atoms with van der Waals surface area (Å²) in [4.78, 5) is 29.4. The van der Waals surface area contributed by atoms with Gasteiger partial charge in [-0.05, 0) is 54.8 Å². The lowest BCUT2D eigenvalue weighted by atomic mass is 9.95. The Morgan fingerprint density at radius 2 is 1.68 bits per heavy atom. The van der Waals surface area contributed by atoms with E-state index in [1.165, 1.54) is 18.3 Å². The average Bonchev–Trinajstić information content (AvgIpc) is 3.12. The van der Waals surface area contributed by atoms with Crippen LogP contribution in [0.25, 0.3) is 0 Å².